The van der Waals surface area contributed by atoms with Crippen molar-refractivity contribution < 1.29 is 4.39 Å². The van der Waals surface area contributed by atoms with Gasteiger partial charge in [-0.1, -0.05) is 18.1 Å². The van der Waals surface area contributed by atoms with E-state index in [4.69, 9.17) is 0 Å². The minimum Gasteiger partial charge on any atom is -0.302 e. The molecule has 14 heavy (non-hydrogen) atoms. The second-order valence-electron chi connectivity index (χ2n) is 2.74. The Balaban J connectivity index is 2.57. The van der Waals surface area contributed by atoms with Crippen LogP contribution in [0.2, 0.25) is 0 Å². The second-order valence-corrected chi connectivity index (χ2v) is 3.54. The number of benzene rings is 1. The molecular weight excluding hydrogens is 245 g/mol. The lowest BCUT2D eigenvalue weighted by molar-refractivity contribution is 0.615. The van der Waals surface area contributed by atoms with Gasteiger partial charge in [-0.2, -0.15) is 0 Å². The van der Waals surface area contributed by atoms with Crippen molar-refractivity contribution in [3.8, 4) is 11.8 Å². The molecule has 74 valence electrons. The summed E-state index contributed by atoms with van der Waals surface area (Å²) >= 11 is 3.20. The molecule has 0 aliphatic carbocycles. The van der Waals surface area contributed by atoms with Crippen LogP contribution in [0.15, 0.2) is 22.7 Å². The van der Waals surface area contributed by atoms with Gasteiger partial charge >= 0.3 is 0 Å². The molecule has 1 nitrogen and oxygen atoms in total. The molecule has 0 spiro atoms. The smallest absolute Gasteiger partial charge is 0.137 e. The normalized spacial score (nSPS) is 9.36. The number of hydrogen-bond acceptors (Lipinski definition) is 1. The van der Waals surface area contributed by atoms with E-state index in [1.54, 1.807) is 13.0 Å². The van der Waals surface area contributed by atoms with Crippen molar-refractivity contribution in [1.82, 2.24) is 5.32 Å². The molecular formula is C11H11BrFN. The Morgan fingerprint density at radius 2 is 2.29 bits per heavy atom. The van der Waals surface area contributed by atoms with Gasteiger partial charge in [-0.3, -0.25) is 0 Å². The van der Waals surface area contributed by atoms with E-state index in [1.165, 1.54) is 6.07 Å². The highest BCUT2D eigenvalue weighted by molar-refractivity contribution is 9.10. The Morgan fingerprint density at radius 1 is 1.50 bits per heavy atom. The molecule has 0 aliphatic rings. The Labute approximate surface area is 91.8 Å². The zero-order valence-corrected chi connectivity index (χ0v) is 9.49. The van der Waals surface area contributed by atoms with Crippen LogP contribution in [0.4, 0.5) is 4.39 Å². The summed E-state index contributed by atoms with van der Waals surface area (Å²) in [5.74, 6) is 5.43. The van der Waals surface area contributed by atoms with Gasteiger partial charge in [-0.15, -0.1) is 5.92 Å². The van der Waals surface area contributed by atoms with Gasteiger partial charge in [0, 0.05) is 6.54 Å². The molecule has 0 saturated heterocycles. The summed E-state index contributed by atoms with van der Waals surface area (Å²) in [7, 11) is 0. The highest BCUT2D eigenvalue weighted by Crippen LogP contribution is 2.19. The average Bonchev–Trinajstić information content (AvgIpc) is 2.19. The summed E-state index contributed by atoms with van der Waals surface area (Å²) in [5.41, 5.74) is 0.905. The van der Waals surface area contributed by atoms with Gasteiger partial charge in [-0.05, 0) is 34.5 Å². The van der Waals surface area contributed by atoms with E-state index in [9.17, 15) is 4.39 Å². The zero-order valence-electron chi connectivity index (χ0n) is 7.90. The highest BCUT2D eigenvalue weighted by atomic mass is 79.9. The predicted molar refractivity (Wildman–Crippen MR) is 59.3 cm³/mol. The summed E-state index contributed by atoms with van der Waals surface area (Å²) in [4.78, 5) is 0. The zero-order chi connectivity index (χ0) is 10.4. The van der Waals surface area contributed by atoms with Crippen molar-refractivity contribution in [3.63, 3.8) is 0 Å². The number of nitrogens with one attached hydrogen (secondary N) is 1. The SMILES string of the molecule is CC#CCNCc1cccc(F)c1Br. The summed E-state index contributed by atoms with van der Waals surface area (Å²) in [6, 6.07) is 5.00. The molecule has 0 saturated carbocycles. The molecule has 1 aromatic rings. The molecule has 0 radical (unpaired) electrons. The first-order chi connectivity index (χ1) is 6.75. The standard InChI is InChI=1S/C11H11BrFN/c1-2-3-7-14-8-9-5-4-6-10(13)11(9)12/h4-6,14H,7-8H2,1H3. The lowest BCUT2D eigenvalue weighted by atomic mass is 10.2. The number of halogens is 2. The number of rotatable bonds is 3. The van der Waals surface area contributed by atoms with Gasteiger partial charge in [0.05, 0.1) is 11.0 Å². The van der Waals surface area contributed by atoms with E-state index in [2.05, 4.69) is 33.1 Å². The minimum absolute atomic E-state index is 0.231. The molecule has 0 heterocycles. The highest BCUT2D eigenvalue weighted by Gasteiger charge is 2.03. The van der Waals surface area contributed by atoms with Crippen LogP contribution < -0.4 is 5.32 Å². The monoisotopic (exact) mass is 255 g/mol. The average molecular weight is 256 g/mol. The topological polar surface area (TPSA) is 12.0 Å². The molecule has 1 aromatic carbocycles. The number of hydrogen-bond donors (Lipinski definition) is 1. The van der Waals surface area contributed by atoms with Crippen LogP contribution in [-0.2, 0) is 6.54 Å². The molecule has 0 unspecified atom stereocenters. The third-order valence-electron chi connectivity index (χ3n) is 1.74. The first kappa shape index (κ1) is 11.2. The second kappa shape index (κ2) is 5.79. The summed E-state index contributed by atoms with van der Waals surface area (Å²) < 4.78 is 13.6. The Bertz CT molecular complexity index is 365. The van der Waals surface area contributed by atoms with E-state index < -0.39 is 0 Å². The van der Waals surface area contributed by atoms with Crippen molar-refractivity contribution in [1.29, 1.82) is 0 Å². The van der Waals surface area contributed by atoms with Crippen LogP contribution in [0.25, 0.3) is 0 Å². The van der Waals surface area contributed by atoms with E-state index >= 15 is 0 Å². The predicted octanol–water partition coefficient (Wildman–Crippen LogP) is 2.70. The summed E-state index contributed by atoms with van der Waals surface area (Å²) in [6.45, 7) is 3.03. The van der Waals surface area contributed by atoms with Crippen LogP contribution in [0.1, 0.15) is 12.5 Å². The van der Waals surface area contributed by atoms with Crippen molar-refractivity contribution >= 4 is 15.9 Å². The fourth-order valence-electron chi connectivity index (χ4n) is 1.03. The lowest BCUT2D eigenvalue weighted by Gasteiger charge is -2.04. The van der Waals surface area contributed by atoms with Crippen LogP contribution in [-0.4, -0.2) is 6.54 Å². The van der Waals surface area contributed by atoms with Crippen LogP contribution in [0.5, 0.6) is 0 Å². The minimum atomic E-state index is -0.231. The van der Waals surface area contributed by atoms with E-state index in [0.29, 0.717) is 17.6 Å². The van der Waals surface area contributed by atoms with Crippen LogP contribution in [0, 0.1) is 17.7 Å². The van der Waals surface area contributed by atoms with Gasteiger partial charge in [0.1, 0.15) is 5.82 Å². The van der Waals surface area contributed by atoms with E-state index in [-0.39, 0.29) is 5.82 Å². The van der Waals surface area contributed by atoms with E-state index in [0.717, 1.165) is 5.56 Å². The summed E-state index contributed by atoms with van der Waals surface area (Å²) in [5, 5.41) is 3.10. The molecule has 3 heteroatoms. The molecule has 0 bridgehead atoms. The lowest BCUT2D eigenvalue weighted by Crippen LogP contribution is -2.13. The Hall–Kier alpha value is -0.850. The fourth-order valence-corrected chi connectivity index (χ4v) is 1.44. The maximum Gasteiger partial charge on any atom is 0.137 e. The third-order valence-corrected chi connectivity index (χ3v) is 2.63. The largest absolute Gasteiger partial charge is 0.302 e. The molecule has 1 rings (SSSR count). The Morgan fingerprint density at radius 3 is 3.00 bits per heavy atom. The van der Waals surface area contributed by atoms with Gasteiger partial charge in [-0.25, -0.2) is 4.39 Å². The van der Waals surface area contributed by atoms with Gasteiger partial charge in [0.25, 0.3) is 0 Å². The molecule has 0 amide bonds. The first-order valence-electron chi connectivity index (χ1n) is 4.29. The first-order valence-corrected chi connectivity index (χ1v) is 5.08. The third kappa shape index (κ3) is 3.13. The molecule has 0 fully saturated rings. The maximum atomic E-state index is 13.1. The van der Waals surface area contributed by atoms with Crippen molar-refractivity contribution in [2.75, 3.05) is 6.54 Å². The molecule has 1 N–H and O–H groups in total. The molecule has 0 aromatic heterocycles. The van der Waals surface area contributed by atoms with Crippen LogP contribution in [0.3, 0.4) is 0 Å². The fraction of sp³-hybridized carbons (Fsp3) is 0.273. The van der Waals surface area contributed by atoms with Gasteiger partial charge < -0.3 is 5.32 Å². The van der Waals surface area contributed by atoms with Gasteiger partial charge in [0.15, 0.2) is 0 Å². The van der Waals surface area contributed by atoms with Gasteiger partial charge in [0.2, 0.25) is 0 Å². The molecule has 0 atom stereocenters. The maximum absolute atomic E-state index is 13.1. The van der Waals surface area contributed by atoms with Crippen molar-refractivity contribution in [2.24, 2.45) is 0 Å². The van der Waals surface area contributed by atoms with Crippen molar-refractivity contribution in [2.45, 2.75) is 13.5 Å². The Kier molecular flexibility index (Phi) is 4.64. The molecule has 0 aliphatic heterocycles. The summed E-state index contributed by atoms with van der Waals surface area (Å²) in [6.07, 6.45) is 0. The van der Waals surface area contributed by atoms with Crippen molar-refractivity contribution in [3.05, 3.63) is 34.1 Å². The quantitative estimate of drug-likeness (QED) is 0.647. The van der Waals surface area contributed by atoms with Crippen LogP contribution >= 0.6 is 15.9 Å². The van der Waals surface area contributed by atoms with E-state index in [1.807, 2.05) is 6.07 Å².